The quantitative estimate of drug-likeness (QED) is 0.769. The van der Waals surface area contributed by atoms with E-state index in [0.29, 0.717) is 5.41 Å². The van der Waals surface area contributed by atoms with Crippen LogP contribution in [0.3, 0.4) is 0 Å². The second-order valence-electron chi connectivity index (χ2n) is 6.11. The molecule has 90 valence electrons. The van der Waals surface area contributed by atoms with E-state index in [0.717, 1.165) is 12.5 Å². The molecule has 15 heavy (non-hydrogen) atoms. The Morgan fingerprint density at radius 1 is 1.33 bits per heavy atom. The first-order valence-electron chi connectivity index (χ1n) is 6.44. The maximum Gasteiger partial charge on any atom is 0.00302 e. The van der Waals surface area contributed by atoms with Crippen molar-refractivity contribution in [2.75, 3.05) is 32.7 Å². The molecule has 0 aliphatic carbocycles. The van der Waals surface area contributed by atoms with Crippen LogP contribution in [0.5, 0.6) is 0 Å². The summed E-state index contributed by atoms with van der Waals surface area (Å²) in [6.45, 7) is 15.4. The summed E-state index contributed by atoms with van der Waals surface area (Å²) in [4.78, 5) is 2.64. The second kappa shape index (κ2) is 5.86. The van der Waals surface area contributed by atoms with Crippen LogP contribution in [-0.2, 0) is 0 Å². The van der Waals surface area contributed by atoms with E-state index >= 15 is 0 Å². The molecule has 1 heterocycles. The van der Waals surface area contributed by atoms with Crippen molar-refractivity contribution >= 4 is 0 Å². The summed E-state index contributed by atoms with van der Waals surface area (Å²) in [6.07, 6.45) is 2.79. The molecule has 0 aromatic heterocycles. The minimum atomic E-state index is 0.445. The highest BCUT2D eigenvalue weighted by Crippen LogP contribution is 2.21. The van der Waals surface area contributed by atoms with Gasteiger partial charge in [0.15, 0.2) is 0 Å². The Hall–Kier alpha value is -0.0800. The van der Waals surface area contributed by atoms with Crippen LogP contribution in [0.2, 0.25) is 0 Å². The molecular formula is C13H28N2. The van der Waals surface area contributed by atoms with Crippen LogP contribution in [0, 0.1) is 11.3 Å². The lowest BCUT2D eigenvalue weighted by Crippen LogP contribution is -2.43. The Balaban J connectivity index is 2.29. The molecule has 1 N–H and O–H groups in total. The van der Waals surface area contributed by atoms with Gasteiger partial charge in [0.25, 0.3) is 0 Å². The van der Waals surface area contributed by atoms with Crippen molar-refractivity contribution in [2.24, 2.45) is 11.3 Å². The van der Waals surface area contributed by atoms with Crippen LogP contribution in [0.4, 0.5) is 0 Å². The Morgan fingerprint density at radius 3 is 2.67 bits per heavy atom. The van der Waals surface area contributed by atoms with E-state index in [1.54, 1.807) is 0 Å². The monoisotopic (exact) mass is 212 g/mol. The van der Waals surface area contributed by atoms with Crippen LogP contribution in [0.1, 0.15) is 40.5 Å². The average molecular weight is 212 g/mol. The molecular weight excluding hydrogens is 184 g/mol. The summed E-state index contributed by atoms with van der Waals surface area (Å²) in [5, 5.41) is 3.47. The van der Waals surface area contributed by atoms with E-state index in [2.05, 4.69) is 37.9 Å². The van der Waals surface area contributed by atoms with Crippen LogP contribution in [0.25, 0.3) is 0 Å². The molecule has 0 radical (unpaired) electrons. The fraction of sp³-hybridized carbons (Fsp3) is 1.00. The molecule has 0 spiro atoms. The lowest BCUT2D eigenvalue weighted by Gasteiger charge is -2.36. The van der Waals surface area contributed by atoms with Crippen molar-refractivity contribution in [3.05, 3.63) is 0 Å². The van der Waals surface area contributed by atoms with Crippen molar-refractivity contribution in [2.45, 2.75) is 40.5 Å². The zero-order valence-electron chi connectivity index (χ0n) is 11.0. The first-order valence-corrected chi connectivity index (χ1v) is 6.44. The molecule has 0 aromatic rings. The highest BCUT2D eigenvalue weighted by molar-refractivity contribution is 4.77. The fourth-order valence-electron chi connectivity index (χ4n) is 2.48. The molecule has 1 unspecified atom stereocenters. The maximum absolute atomic E-state index is 3.47. The van der Waals surface area contributed by atoms with Gasteiger partial charge in [-0.25, -0.2) is 0 Å². The van der Waals surface area contributed by atoms with E-state index < -0.39 is 0 Å². The van der Waals surface area contributed by atoms with Gasteiger partial charge in [-0.05, 0) is 43.8 Å². The van der Waals surface area contributed by atoms with Gasteiger partial charge in [0.05, 0.1) is 0 Å². The number of rotatable bonds is 4. The lowest BCUT2D eigenvalue weighted by molar-refractivity contribution is 0.127. The first kappa shape index (κ1) is 13.0. The van der Waals surface area contributed by atoms with Gasteiger partial charge in [-0.15, -0.1) is 0 Å². The predicted molar refractivity (Wildman–Crippen MR) is 67.2 cm³/mol. The summed E-state index contributed by atoms with van der Waals surface area (Å²) in [5.41, 5.74) is 0.445. The Kier molecular flexibility index (Phi) is 5.07. The van der Waals surface area contributed by atoms with Gasteiger partial charge in [0.1, 0.15) is 0 Å². The molecule has 1 atom stereocenters. The minimum absolute atomic E-state index is 0.445. The van der Waals surface area contributed by atoms with E-state index in [1.807, 2.05) is 0 Å². The second-order valence-corrected chi connectivity index (χ2v) is 6.11. The third kappa shape index (κ3) is 5.53. The van der Waals surface area contributed by atoms with Gasteiger partial charge in [-0.3, -0.25) is 0 Å². The molecule has 1 fully saturated rings. The molecule has 2 nitrogen and oxygen atoms in total. The van der Waals surface area contributed by atoms with Gasteiger partial charge in [0.2, 0.25) is 0 Å². The molecule has 0 saturated carbocycles. The smallest absolute Gasteiger partial charge is 0.00302 e. The van der Waals surface area contributed by atoms with Crippen LogP contribution in [0.15, 0.2) is 0 Å². The Labute approximate surface area is 95.4 Å². The molecule has 0 amide bonds. The van der Waals surface area contributed by atoms with Crippen LogP contribution in [-0.4, -0.2) is 37.6 Å². The molecule has 1 aliphatic heterocycles. The SMILES string of the molecule is CCNCC1CCCN(CC(C)(C)C)C1. The van der Waals surface area contributed by atoms with E-state index in [1.165, 1.54) is 39.0 Å². The maximum atomic E-state index is 3.47. The van der Waals surface area contributed by atoms with Crippen molar-refractivity contribution in [1.82, 2.24) is 10.2 Å². The van der Waals surface area contributed by atoms with Crippen molar-refractivity contribution in [3.8, 4) is 0 Å². The molecule has 1 aliphatic rings. The van der Waals surface area contributed by atoms with Crippen molar-refractivity contribution in [3.63, 3.8) is 0 Å². The van der Waals surface area contributed by atoms with Crippen molar-refractivity contribution in [1.29, 1.82) is 0 Å². The predicted octanol–water partition coefficient (Wildman–Crippen LogP) is 2.35. The zero-order chi connectivity index (χ0) is 11.3. The average Bonchev–Trinajstić information content (AvgIpc) is 2.12. The number of likely N-dealkylation sites (tertiary alicyclic amines) is 1. The number of hydrogen-bond acceptors (Lipinski definition) is 2. The molecule has 1 saturated heterocycles. The van der Waals surface area contributed by atoms with Gasteiger partial charge in [0, 0.05) is 13.1 Å². The Morgan fingerprint density at radius 2 is 2.07 bits per heavy atom. The molecule has 1 rings (SSSR count). The van der Waals surface area contributed by atoms with Gasteiger partial charge in [-0.1, -0.05) is 27.7 Å². The van der Waals surface area contributed by atoms with Gasteiger partial charge in [-0.2, -0.15) is 0 Å². The molecule has 0 bridgehead atoms. The summed E-state index contributed by atoms with van der Waals surface area (Å²) in [7, 11) is 0. The zero-order valence-corrected chi connectivity index (χ0v) is 11.0. The summed E-state index contributed by atoms with van der Waals surface area (Å²) < 4.78 is 0. The number of piperidine rings is 1. The highest BCUT2D eigenvalue weighted by atomic mass is 15.1. The lowest BCUT2D eigenvalue weighted by atomic mass is 9.92. The normalized spacial score (nSPS) is 24.4. The number of hydrogen-bond donors (Lipinski definition) is 1. The van der Waals surface area contributed by atoms with E-state index in [-0.39, 0.29) is 0 Å². The fourth-order valence-corrected chi connectivity index (χ4v) is 2.48. The molecule has 0 aromatic carbocycles. The third-order valence-electron chi connectivity index (χ3n) is 2.98. The van der Waals surface area contributed by atoms with E-state index in [4.69, 9.17) is 0 Å². The molecule has 2 heteroatoms. The Bertz CT molecular complexity index is 172. The topological polar surface area (TPSA) is 15.3 Å². The third-order valence-corrected chi connectivity index (χ3v) is 2.98. The van der Waals surface area contributed by atoms with E-state index in [9.17, 15) is 0 Å². The summed E-state index contributed by atoms with van der Waals surface area (Å²) in [5.74, 6) is 0.876. The summed E-state index contributed by atoms with van der Waals surface area (Å²) in [6, 6.07) is 0. The number of nitrogens with zero attached hydrogens (tertiary/aromatic N) is 1. The number of nitrogens with one attached hydrogen (secondary N) is 1. The van der Waals surface area contributed by atoms with Crippen LogP contribution < -0.4 is 5.32 Å². The first-order chi connectivity index (χ1) is 7.01. The standard InChI is InChI=1S/C13H28N2/c1-5-14-9-12-7-6-8-15(10-12)11-13(2,3)4/h12,14H,5-11H2,1-4H3. The van der Waals surface area contributed by atoms with Gasteiger partial charge >= 0.3 is 0 Å². The van der Waals surface area contributed by atoms with Crippen molar-refractivity contribution < 1.29 is 0 Å². The van der Waals surface area contributed by atoms with Gasteiger partial charge < -0.3 is 10.2 Å². The highest BCUT2D eigenvalue weighted by Gasteiger charge is 2.23. The van der Waals surface area contributed by atoms with Crippen LogP contribution >= 0.6 is 0 Å². The largest absolute Gasteiger partial charge is 0.317 e. The minimum Gasteiger partial charge on any atom is -0.317 e. The summed E-state index contributed by atoms with van der Waals surface area (Å²) >= 11 is 0.